The first-order chi connectivity index (χ1) is 12.2. The zero-order chi connectivity index (χ0) is 17.2. The van der Waals surface area contributed by atoms with E-state index < -0.39 is 0 Å². The van der Waals surface area contributed by atoms with Gasteiger partial charge < -0.3 is 15.3 Å². The van der Waals surface area contributed by atoms with Crippen LogP contribution in [-0.4, -0.2) is 60.8 Å². The number of benzene rings is 1. The fourth-order valence-corrected chi connectivity index (χ4v) is 4.49. The van der Waals surface area contributed by atoms with Gasteiger partial charge in [-0.05, 0) is 50.1 Å². The fraction of sp³-hybridized carbons (Fsp3) is 0.550. The van der Waals surface area contributed by atoms with Crippen molar-refractivity contribution < 1.29 is 10.4 Å². The van der Waals surface area contributed by atoms with E-state index in [9.17, 15) is 5.11 Å². The third-order valence-corrected chi connectivity index (χ3v) is 5.88. The van der Waals surface area contributed by atoms with Crippen LogP contribution in [-0.2, 0) is 0 Å². The highest BCUT2D eigenvalue weighted by Crippen LogP contribution is 2.28. The van der Waals surface area contributed by atoms with E-state index in [0.717, 1.165) is 36.0 Å². The van der Waals surface area contributed by atoms with Crippen molar-refractivity contribution in [1.82, 2.24) is 9.88 Å². The summed E-state index contributed by atoms with van der Waals surface area (Å²) in [5, 5.41) is 13.0. The van der Waals surface area contributed by atoms with E-state index >= 15 is 0 Å². The molecule has 4 rings (SSSR count). The van der Waals surface area contributed by atoms with Crippen molar-refractivity contribution in [2.45, 2.75) is 25.3 Å². The van der Waals surface area contributed by atoms with E-state index in [4.69, 9.17) is 0 Å². The molecule has 2 saturated heterocycles. The van der Waals surface area contributed by atoms with E-state index in [1.54, 1.807) is 12.1 Å². The number of nitrogens with two attached hydrogens (primary N) is 1. The Morgan fingerprint density at radius 1 is 1.16 bits per heavy atom. The zero-order valence-electron chi connectivity index (χ0n) is 15.1. The predicted octanol–water partition coefficient (Wildman–Crippen LogP) is 1.42. The van der Waals surface area contributed by atoms with Crippen molar-refractivity contribution in [3.63, 3.8) is 0 Å². The van der Waals surface area contributed by atoms with E-state index in [1.165, 1.54) is 44.6 Å². The number of anilines is 1. The Morgan fingerprint density at radius 3 is 2.80 bits per heavy atom. The lowest BCUT2D eigenvalue weighted by Crippen LogP contribution is -2.81. The van der Waals surface area contributed by atoms with Gasteiger partial charge in [-0.3, -0.25) is 9.88 Å². The summed E-state index contributed by atoms with van der Waals surface area (Å²) in [6.07, 6.45) is 5.81. The van der Waals surface area contributed by atoms with Crippen LogP contribution in [0.25, 0.3) is 10.9 Å². The quantitative estimate of drug-likeness (QED) is 0.883. The molecule has 0 amide bonds. The Hall–Kier alpha value is -1.85. The van der Waals surface area contributed by atoms with Crippen LogP contribution >= 0.6 is 0 Å². The molecule has 0 saturated carbocycles. The van der Waals surface area contributed by atoms with E-state index in [0.29, 0.717) is 5.75 Å². The predicted molar refractivity (Wildman–Crippen MR) is 101 cm³/mol. The number of hydrogen-bond acceptors (Lipinski definition) is 4. The second-order valence-electron chi connectivity index (χ2n) is 7.58. The molecular weight excluding hydrogens is 312 g/mol. The Morgan fingerprint density at radius 2 is 2.00 bits per heavy atom. The molecule has 2 aliphatic rings. The van der Waals surface area contributed by atoms with Crippen LogP contribution in [0.2, 0.25) is 0 Å². The van der Waals surface area contributed by atoms with Crippen molar-refractivity contribution in [3.05, 3.63) is 30.5 Å². The van der Waals surface area contributed by atoms with Crippen LogP contribution in [0.1, 0.15) is 19.3 Å². The molecular formula is C20H29N4O+. The van der Waals surface area contributed by atoms with Crippen molar-refractivity contribution in [3.8, 4) is 5.75 Å². The molecule has 0 radical (unpaired) electrons. The maximum atomic E-state index is 9.70. The number of aromatic nitrogens is 1. The molecule has 1 unspecified atom stereocenters. The highest BCUT2D eigenvalue weighted by Gasteiger charge is 2.31. The third kappa shape index (κ3) is 3.58. The van der Waals surface area contributed by atoms with Crippen LogP contribution < -0.4 is 10.2 Å². The molecule has 3 heterocycles. The first-order valence-electron chi connectivity index (χ1n) is 9.58. The van der Waals surface area contributed by atoms with Gasteiger partial charge in [-0.15, -0.1) is 0 Å². The summed E-state index contributed by atoms with van der Waals surface area (Å²) >= 11 is 0. The minimum Gasteiger partial charge on any atom is -0.508 e. The summed E-state index contributed by atoms with van der Waals surface area (Å²) in [5.74, 6) is 1.18. The third-order valence-electron chi connectivity index (χ3n) is 5.88. The molecule has 25 heavy (non-hydrogen) atoms. The largest absolute Gasteiger partial charge is 0.508 e. The number of piperidine rings is 1. The van der Waals surface area contributed by atoms with E-state index in [1.807, 2.05) is 12.3 Å². The molecule has 2 aromatic rings. The highest BCUT2D eigenvalue weighted by molar-refractivity contribution is 5.83. The summed E-state index contributed by atoms with van der Waals surface area (Å²) in [7, 11) is 2.18. The summed E-state index contributed by atoms with van der Waals surface area (Å²) in [6.45, 7) is 6.02. The molecule has 5 heteroatoms. The molecule has 5 nitrogen and oxygen atoms in total. The Labute approximate surface area is 149 Å². The smallest absolute Gasteiger partial charge is 0.116 e. The van der Waals surface area contributed by atoms with Crippen LogP contribution in [0.15, 0.2) is 30.5 Å². The Bertz CT molecular complexity index is 727. The Kier molecular flexibility index (Phi) is 4.77. The first-order valence-corrected chi connectivity index (χ1v) is 9.58. The molecule has 3 N–H and O–H groups in total. The number of rotatable bonds is 4. The number of quaternary nitrogens is 1. The standard InChI is InChI=1S/C20H28N4O/c1-21-12-15-4-7-24(14-15)17-5-8-23(9-6-17)18-10-16-11-19(25)2-3-20(16)22-13-18/h2-3,10-11,13,15,17,21,25H,4-9,12,14H2,1H3/p+1. The van der Waals surface area contributed by atoms with Crippen molar-refractivity contribution in [2.24, 2.45) is 5.92 Å². The van der Waals surface area contributed by atoms with Gasteiger partial charge in [0.05, 0.1) is 31.0 Å². The molecule has 0 aliphatic carbocycles. The van der Waals surface area contributed by atoms with E-state index in [-0.39, 0.29) is 0 Å². The van der Waals surface area contributed by atoms with Crippen LogP contribution in [0.5, 0.6) is 5.75 Å². The number of phenols is 1. The molecule has 1 aromatic heterocycles. The minimum atomic E-state index is 0.304. The number of fused-ring (bicyclic) bond motifs is 1. The number of hydrogen-bond donors (Lipinski definition) is 2. The van der Waals surface area contributed by atoms with Gasteiger partial charge in [-0.25, -0.2) is 0 Å². The summed E-state index contributed by atoms with van der Waals surface area (Å²) < 4.78 is 0. The van der Waals surface area contributed by atoms with Gasteiger partial charge in [0.15, 0.2) is 0 Å². The van der Waals surface area contributed by atoms with Crippen molar-refractivity contribution in [1.29, 1.82) is 0 Å². The second-order valence-corrected chi connectivity index (χ2v) is 7.58. The minimum absolute atomic E-state index is 0.304. The molecule has 134 valence electrons. The molecule has 2 fully saturated rings. The maximum Gasteiger partial charge on any atom is 0.116 e. The second kappa shape index (κ2) is 7.18. The lowest BCUT2D eigenvalue weighted by atomic mass is 10.0. The number of likely N-dealkylation sites (tertiary alicyclic amines) is 1. The molecule has 1 aromatic carbocycles. The first kappa shape index (κ1) is 16.6. The Balaban J connectivity index is 1.39. The average molecular weight is 341 g/mol. The van der Waals surface area contributed by atoms with Crippen LogP contribution in [0, 0.1) is 5.92 Å². The zero-order valence-corrected chi connectivity index (χ0v) is 15.1. The average Bonchev–Trinajstić information content (AvgIpc) is 3.10. The molecule has 1 atom stereocenters. The lowest BCUT2D eigenvalue weighted by molar-refractivity contribution is -0.632. The van der Waals surface area contributed by atoms with Crippen molar-refractivity contribution in [2.75, 3.05) is 44.7 Å². The molecule has 0 spiro atoms. The van der Waals surface area contributed by atoms with Gasteiger partial charge in [-0.2, -0.15) is 0 Å². The van der Waals surface area contributed by atoms with Gasteiger partial charge in [0.25, 0.3) is 0 Å². The molecule has 0 bridgehead atoms. The number of phenolic OH excluding ortho intramolecular Hbond substituents is 1. The van der Waals surface area contributed by atoms with Crippen molar-refractivity contribution >= 4 is 16.6 Å². The monoisotopic (exact) mass is 341 g/mol. The van der Waals surface area contributed by atoms with Crippen LogP contribution in [0.4, 0.5) is 5.69 Å². The van der Waals surface area contributed by atoms with Gasteiger partial charge in [-0.1, -0.05) is 0 Å². The van der Waals surface area contributed by atoms with Gasteiger partial charge in [0.2, 0.25) is 0 Å². The number of pyridine rings is 1. The number of aromatic hydroxyl groups is 1. The van der Waals surface area contributed by atoms with Gasteiger partial charge in [0, 0.05) is 37.0 Å². The normalized spacial score (nSPS) is 22.8. The summed E-state index contributed by atoms with van der Waals surface area (Å²) in [4.78, 5) is 9.73. The van der Waals surface area contributed by atoms with E-state index in [2.05, 4.69) is 33.2 Å². The number of nitrogens with zero attached hydrogens (tertiary/aromatic N) is 3. The van der Waals surface area contributed by atoms with Gasteiger partial charge >= 0.3 is 0 Å². The van der Waals surface area contributed by atoms with Crippen LogP contribution in [0.3, 0.4) is 0 Å². The fourth-order valence-electron chi connectivity index (χ4n) is 4.49. The summed E-state index contributed by atoms with van der Waals surface area (Å²) in [6, 6.07) is 8.27. The topological polar surface area (TPSA) is 56.2 Å². The van der Waals surface area contributed by atoms with Gasteiger partial charge in [0.1, 0.15) is 5.75 Å². The molecule has 2 aliphatic heterocycles. The lowest BCUT2D eigenvalue weighted by Gasteiger charge is -2.37. The highest BCUT2D eigenvalue weighted by atomic mass is 16.3. The summed E-state index contributed by atoms with van der Waals surface area (Å²) in [5.41, 5.74) is 2.11. The maximum absolute atomic E-state index is 9.70. The SMILES string of the molecule is C[NH2+]CC1CCN(C2CCN(c3cnc4ccc(O)cc4c3)CC2)C1.